The molecule has 0 saturated heterocycles. The van der Waals surface area contributed by atoms with E-state index in [1.807, 2.05) is 0 Å². The Bertz CT molecular complexity index is 801. The Morgan fingerprint density at radius 3 is 2.64 bits per heavy atom. The van der Waals surface area contributed by atoms with Gasteiger partial charge in [-0.2, -0.15) is 0 Å². The first kappa shape index (κ1) is 15.3. The zero-order valence-corrected chi connectivity index (χ0v) is 14.7. The van der Waals surface area contributed by atoms with Gasteiger partial charge in [0.2, 0.25) is 0 Å². The molecular formula is C14H7Br2ClN2O3. The number of phenolic OH excluding ortho intramolecular Hbond substituents is 1. The van der Waals surface area contributed by atoms with Gasteiger partial charge in [0, 0.05) is 0 Å². The number of halogens is 3. The van der Waals surface area contributed by atoms with Crippen LogP contribution < -0.4 is 10.1 Å². The van der Waals surface area contributed by atoms with Crippen LogP contribution in [0, 0.1) is 0 Å². The second-order valence-electron chi connectivity index (χ2n) is 4.38. The highest BCUT2D eigenvalue weighted by Crippen LogP contribution is 2.35. The van der Waals surface area contributed by atoms with E-state index < -0.39 is 5.91 Å². The maximum atomic E-state index is 12.0. The topological polar surface area (TPSA) is 71.5 Å². The Hall–Kier alpha value is -1.57. The predicted molar refractivity (Wildman–Crippen MR) is 90.0 cm³/mol. The monoisotopic (exact) mass is 444 g/mol. The number of nitrogens with zero attached hydrogens (tertiary/aromatic N) is 1. The van der Waals surface area contributed by atoms with Gasteiger partial charge in [-0.05, 0) is 67.8 Å². The molecule has 0 aliphatic carbocycles. The lowest BCUT2D eigenvalue weighted by Crippen LogP contribution is -2.24. The molecule has 0 saturated carbocycles. The fourth-order valence-electron chi connectivity index (χ4n) is 1.84. The largest absolute Gasteiger partial charge is 0.506 e. The van der Waals surface area contributed by atoms with Gasteiger partial charge >= 0.3 is 0 Å². The summed E-state index contributed by atoms with van der Waals surface area (Å²) in [6.07, 6.45) is 1.56. The van der Waals surface area contributed by atoms with Gasteiger partial charge in [-0.15, -0.1) is 0 Å². The van der Waals surface area contributed by atoms with E-state index >= 15 is 0 Å². The van der Waals surface area contributed by atoms with Gasteiger partial charge in [0.1, 0.15) is 10.9 Å². The van der Waals surface area contributed by atoms with E-state index in [9.17, 15) is 9.90 Å². The second kappa shape index (κ2) is 5.91. The number of phenols is 1. The quantitative estimate of drug-likeness (QED) is 0.505. The van der Waals surface area contributed by atoms with Crippen molar-refractivity contribution in [2.24, 2.45) is 0 Å². The number of hydrogen-bond donors (Lipinski definition) is 2. The highest BCUT2D eigenvalue weighted by molar-refractivity contribution is 9.11. The minimum atomic E-state index is -0.428. The number of benzene rings is 1. The predicted octanol–water partition coefficient (Wildman–Crippen LogP) is 4.34. The standard InChI is InChI=1S/C14H7Br2ClN2O3/c15-7-3-6(4-8(16)12(7)20)5-10-14(21)19-13-9(22-10)1-2-11(17)18-13/h1-5,20H,(H,18,19,21)/b10-5-. The second-order valence-corrected chi connectivity index (χ2v) is 6.47. The third-order valence-electron chi connectivity index (χ3n) is 2.84. The molecule has 5 nitrogen and oxygen atoms in total. The molecule has 1 aliphatic rings. The van der Waals surface area contributed by atoms with Crippen molar-refractivity contribution in [3.63, 3.8) is 0 Å². The van der Waals surface area contributed by atoms with Crippen LogP contribution in [0.5, 0.6) is 11.5 Å². The summed E-state index contributed by atoms with van der Waals surface area (Å²) < 4.78 is 6.55. The summed E-state index contributed by atoms with van der Waals surface area (Å²) >= 11 is 12.2. The van der Waals surface area contributed by atoms with Gasteiger partial charge in [0.15, 0.2) is 17.3 Å². The average molecular weight is 446 g/mol. The molecule has 2 heterocycles. The van der Waals surface area contributed by atoms with E-state index in [1.54, 1.807) is 30.3 Å². The summed E-state index contributed by atoms with van der Waals surface area (Å²) in [4.78, 5) is 16.0. The highest BCUT2D eigenvalue weighted by atomic mass is 79.9. The molecule has 1 aliphatic heterocycles. The van der Waals surface area contributed by atoms with Gasteiger partial charge in [-0.25, -0.2) is 4.98 Å². The van der Waals surface area contributed by atoms with Crippen LogP contribution in [0.3, 0.4) is 0 Å². The fraction of sp³-hybridized carbons (Fsp3) is 0. The molecule has 112 valence electrons. The summed E-state index contributed by atoms with van der Waals surface area (Å²) in [5.74, 6) is 0.457. The molecule has 0 unspecified atom stereocenters. The first-order chi connectivity index (χ1) is 10.4. The number of amides is 1. The maximum Gasteiger partial charge on any atom is 0.292 e. The van der Waals surface area contributed by atoms with E-state index in [0.717, 1.165) is 0 Å². The number of nitrogens with one attached hydrogen (secondary N) is 1. The van der Waals surface area contributed by atoms with Crippen molar-refractivity contribution in [2.45, 2.75) is 0 Å². The molecule has 0 spiro atoms. The van der Waals surface area contributed by atoms with Crippen LogP contribution in [-0.2, 0) is 4.79 Å². The number of anilines is 1. The van der Waals surface area contributed by atoms with Gasteiger partial charge in [0.25, 0.3) is 5.91 Å². The summed E-state index contributed by atoms with van der Waals surface area (Å²) in [6.45, 7) is 0. The van der Waals surface area contributed by atoms with E-state index in [-0.39, 0.29) is 22.5 Å². The Kier molecular flexibility index (Phi) is 4.12. The summed E-state index contributed by atoms with van der Waals surface area (Å²) in [5, 5.41) is 12.6. The Labute approximate surface area is 147 Å². The Morgan fingerprint density at radius 1 is 1.27 bits per heavy atom. The molecule has 3 rings (SSSR count). The molecule has 8 heteroatoms. The lowest BCUT2D eigenvalue weighted by molar-refractivity contribution is -0.115. The van der Waals surface area contributed by atoms with Crippen LogP contribution in [0.25, 0.3) is 6.08 Å². The number of hydrogen-bond acceptors (Lipinski definition) is 4. The van der Waals surface area contributed by atoms with E-state index in [2.05, 4.69) is 42.2 Å². The van der Waals surface area contributed by atoms with Crippen molar-refractivity contribution in [3.8, 4) is 11.5 Å². The number of aromatic nitrogens is 1. The van der Waals surface area contributed by atoms with Crippen molar-refractivity contribution < 1.29 is 14.6 Å². The number of carbonyl (C=O) groups is 1. The highest BCUT2D eigenvalue weighted by Gasteiger charge is 2.23. The van der Waals surface area contributed by atoms with Crippen LogP contribution in [0.4, 0.5) is 5.82 Å². The molecule has 1 amide bonds. The summed E-state index contributed by atoms with van der Waals surface area (Å²) in [6, 6.07) is 6.53. The normalized spacial score (nSPS) is 15.2. The lowest BCUT2D eigenvalue weighted by Gasteiger charge is -2.19. The minimum Gasteiger partial charge on any atom is -0.506 e. The van der Waals surface area contributed by atoms with Crippen molar-refractivity contribution in [1.29, 1.82) is 0 Å². The zero-order chi connectivity index (χ0) is 15.9. The minimum absolute atomic E-state index is 0.0837. The molecule has 1 aromatic heterocycles. The molecule has 1 aromatic carbocycles. The fourth-order valence-corrected chi connectivity index (χ4v) is 3.21. The third-order valence-corrected chi connectivity index (χ3v) is 4.26. The van der Waals surface area contributed by atoms with Gasteiger partial charge < -0.3 is 15.2 Å². The summed E-state index contributed by atoms with van der Waals surface area (Å²) in [5.41, 5.74) is 0.673. The maximum absolute atomic E-state index is 12.0. The van der Waals surface area contributed by atoms with E-state index in [1.165, 1.54) is 0 Å². The third kappa shape index (κ3) is 2.97. The average Bonchev–Trinajstić information content (AvgIpc) is 2.45. The molecule has 2 N–H and O–H groups in total. The first-order valence-corrected chi connectivity index (χ1v) is 7.96. The smallest absolute Gasteiger partial charge is 0.292 e. The molecule has 22 heavy (non-hydrogen) atoms. The Morgan fingerprint density at radius 2 is 1.95 bits per heavy atom. The number of fused-ring (bicyclic) bond motifs is 1. The Balaban J connectivity index is 1.99. The van der Waals surface area contributed by atoms with Crippen molar-refractivity contribution in [1.82, 2.24) is 4.98 Å². The van der Waals surface area contributed by atoms with E-state index in [4.69, 9.17) is 16.3 Å². The van der Waals surface area contributed by atoms with Gasteiger partial charge in [-0.3, -0.25) is 4.79 Å². The van der Waals surface area contributed by atoms with Crippen LogP contribution in [0.2, 0.25) is 5.15 Å². The number of rotatable bonds is 1. The summed E-state index contributed by atoms with van der Waals surface area (Å²) in [7, 11) is 0. The van der Waals surface area contributed by atoms with Gasteiger partial charge in [-0.1, -0.05) is 11.6 Å². The first-order valence-electron chi connectivity index (χ1n) is 5.99. The number of pyridine rings is 1. The SMILES string of the molecule is O=C1Nc2nc(Cl)ccc2O/C1=C\c1cc(Br)c(O)c(Br)c1. The van der Waals surface area contributed by atoms with Crippen LogP contribution >= 0.6 is 43.5 Å². The van der Waals surface area contributed by atoms with Crippen molar-refractivity contribution in [3.05, 3.63) is 49.7 Å². The molecule has 2 aromatic rings. The van der Waals surface area contributed by atoms with E-state index in [0.29, 0.717) is 20.3 Å². The van der Waals surface area contributed by atoms with Crippen molar-refractivity contribution in [2.75, 3.05) is 5.32 Å². The molecule has 0 bridgehead atoms. The zero-order valence-electron chi connectivity index (χ0n) is 10.7. The van der Waals surface area contributed by atoms with Crippen LogP contribution in [0.1, 0.15) is 5.56 Å². The molecule has 0 fully saturated rings. The molecular weight excluding hydrogens is 439 g/mol. The van der Waals surface area contributed by atoms with Crippen LogP contribution in [0.15, 0.2) is 39.0 Å². The van der Waals surface area contributed by atoms with Crippen molar-refractivity contribution >= 4 is 61.3 Å². The van der Waals surface area contributed by atoms with Crippen LogP contribution in [-0.4, -0.2) is 16.0 Å². The number of carbonyl (C=O) groups excluding carboxylic acids is 1. The van der Waals surface area contributed by atoms with Gasteiger partial charge in [0.05, 0.1) is 8.95 Å². The number of aromatic hydroxyl groups is 1. The molecule has 0 atom stereocenters. The lowest BCUT2D eigenvalue weighted by atomic mass is 10.2. The molecule has 0 radical (unpaired) electrons. The number of ether oxygens (including phenoxy) is 1.